The van der Waals surface area contributed by atoms with E-state index in [0.29, 0.717) is 12.2 Å². The molecule has 1 aromatic heterocycles. The predicted octanol–water partition coefficient (Wildman–Crippen LogP) is 4.75. The van der Waals surface area contributed by atoms with Crippen LogP contribution in [0.15, 0.2) is 56.1 Å². The number of aryl methyl sites for hydroxylation is 2. The van der Waals surface area contributed by atoms with Crippen molar-refractivity contribution in [2.45, 2.75) is 20.5 Å². The largest absolute Gasteiger partial charge is 0.488 e. The Balaban J connectivity index is 2.01. The maximum absolute atomic E-state index is 11.7. The molecule has 1 heterocycles. The highest BCUT2D eigenvalue weighted by molar-refractivity contribution is 9.10. The number of hydrogen-bond donors (Lipinski definition) is 0. The molecule has 0 bridgehead atoms. The molecular weight excluding hydrogens is 344 g/mol. The van der Waals surface area contributed by atoms with Crippen LogP contribution in [0.4, 0.5) is 0 Å². The fourth-order valence-corrected chi connectivity index (χ4v) is 2.72. The van der Waals surface area contributed by atoms with Crippen LogP contribution in [0.1, 0.15) is 16.7 Å². The van der Waals surface area contributed by atoms with E-state index < -0.39 is 0 Å². The van der Waals surface area contributed by atoms with Crippen molar-refractivity contribution in [2.24, 2.45) is 0 Å². The van der Waals surface area contributed by atoms with Gasteiger partial charge in [0.2, 0.25) is 0 Å². The summed E-state index contributed by atoms with van der Waals surface area (Å²) in [5.41, 5.74) is 3.32. The van der Waals surface area contributed by atoms with Crippen LogP contribution in [0.5, 0.6) is 5.75 Å². The molecule has 0 aliphatic heterocycles. The Morgan fingerprint density at radius 1 is 1.09 bits per heavy atom. The van der Waals surface area contributed by atoms with Crippen molar-refractivity contribution in [3.05, 3.63) is 74.0 Å². The molecule has 22 heavy (non-hydrogen) atoms. The summed E-state index contributed by atoms with van der Waals surface area (Å²) in [6.07, 6.45) is 0. The minimum atomic E-state index is -0.360. The van der Waals surface area contributed by atoms with Crippen LogP contribution in [0.2, 0.25) is 0 Å². The minimum Gasteiger partial charge on any atom is -0.488 e. The summed E-state index contributed by atoms with van der Waals surface area (Å²) in [5.74, 6) is 0.743. The zero-order chi connectivity index (χ0) is 15.7. The van der Waals surface area contributed by atoms with E-state index in [9.17, 15) is 4.79 Å². The molecule has 0 N–H and O–H groups in total. The van der Waals surface area contributed by atoms with Gasteiger partial charge in [-0.1, -0.05) is 12.1 Å². The van der Waals surface area contributed by atoms with Crippen molar-refractivity contribution in [1.82, 2.24) is 0 Å². The fraction of sp³-hybridized carbons (Fsp3) is 0.167. The van der Waals surface area contributed by atoms with Crippen LogP contribution in [0, 0.1) is 13.8 Å². The Labute approximate surface area is 136 Å². The smallest absolute Gasteiger partial charge is 0.336 e. The van der Waals surface area contributed by atoms with E-state index in [1.807, 2.05) is 50.2 Å². The third-order valence-corrected chi connectivity index (χ3v) is 4.32. The second kappa shape index (κ2) is 5.97. The number of fused-ring (bicyclic) bond motifs is 1. The van der Waals surface area contributed by atoms with Gasteiger partial charge in [0.05, 0.1) is 4.47 Å². The molecule has 0 atom stereocenters. The molecule has 4 heteroatoms. The predicted molar refractivity (Wildman–Crippen MR) is 90.4 cm³/mol. The lowest BCUT2D eigenvalue weighted by Gasteiger charge is -2.11. The van der Waals surface area contributed by atoms with Crippen LogP contribution < -0.4 is 10.4 Å². The summed E-state index contributed by atoms with van der Waals surface area (Å²) in [4.78, 5) is 11.7. The molecule has 3 rings (SSSR count). The Morgan fingerprint density at radius 3 is 2.59 bits per heavy atom. The average Bonchev–Trinajstić information content (AvgIpc) is 2.48. The molecule has 0 spiro atoms. The molecule has 0 radical (unpaired) electrons. The van der Waals surface area contributed by atoms with E-state index in [-0.39, 0.29) is 5.63 Å². The third kappa shape index (κ3) is 2.92. The van der Waals surface area contributed by atoms with E-state index in [0.717, 1.165) is 32.3 Å². The van der Waals surface area contributed by atoms with E-state index in [1.165, 1.54) is 6.07 Å². The number of benzene rings is 2. The molecule has 0 aliphatic carbocycles. The number of hydrogen-bond acceptors (Lipinski definition) is 3. The second-order valence-electron chi connectivity index (χ2n) is 5.24. The van der Waals surface area contributed by atoms with E-state index >= 15 is 0 Å². The quantitative estimate of drug-likeness (QED) is 0.634. The number of ether oxygens (including phenoxy) is 1. The van der Waals surface area contributed by atoms with E-state index in [4.69, 9.17) is 9.15 Å². The van der Waals surface area contributed by atoms with Crippen molar-refractivity contribution in [2.75, 3.05) is 0 Å². The highest BCUT2D eigenvalue weighted by Crippen LogP contribution is 2.26. The van der Waals surface area contributed by atoms with Crippen molar-refractivity contribution in [3.63, 3.8) is 0 Å². The lowest BCUT2D eigenvalue weighted by atomic mass is 10.0. The van der Waals surface area contributed by atoms with Gasteiger partial charge in [0.15, 0.2) is 0 Å². The van der Waals surface area contributed by atoms with Crippen LogP contribution in [0.25, 0.3) is 11.0 Å². The molecule has 0 saturated heterocycles. The number of halogens is 1. The minimum absolute atomic E-state index is 0.313. The topological polar surface area (TPSA) is 39.4 Å². The van der Waals surface area contributed by atoms with Crippen molar-refractivity contribution < 1.29 is 9.15 Å². The summed E-state index contributed by atoms with van der Waals surface area (Å²) >= 11 is 3.45. The molecule has 3 aromatic rings. The maximum atomic E-state index is 11.7. The van der Waals surface area contributed by atoms with Crippen molar-refractivity contribution in [3.8, 4) is 5.75 Å². The SMILES string of the molecule is Cc1cc2oc(=O)cc(COc3ccccc3Br)c2cc1C. The van der Waals surface area contributed by atoms with Gasteiger partial charge in [-0.05, 0) is 65.2 Å². The van der Waals surface area contributed by atoms with E-state index in [1.54, 1.807) is 0 Å². The highest BCUT2D eigenvalue weighted by Gasteiger charge is 2.09. The standard InChI is InChI=1S/C18H15BrO3/c1-11-7-14-13(9-18(20)22-17(14)8-12(11)2)10-21-16-6-4-3-5-15(16)19/h3-9H,10H2,1-2H3. The van der Waals surface area contributed by atoms with Gasteiger partial charge in [-0.25, -0.2) is 4.79 Å². The Hall–Kier alpha value is -2.07. The second-order valence-corrected chi connectivity index (χ2v) is 6.10. The summed E-state index contributed by atoms with van der Waals surface area (Å²) in [5, 5.41) is 0.912. The van der Waals surface area contributed by atoms with Gasteiger partial charge < -0.3 is 9.15 Å². The Morgan fingerprint density at radius 2 is 1.82 bits per heavy atom. The zero-order valence-corrected chi connectivity index (χ0v) is 13.9. The molecule has 112 valence electrons. The summed E-state index contributed by atoms with van der Waals surface area (Å²) in [7, 11) is 0. The molecule has 0 amide bonds. The van der Waals surface area contributed by atoms with Crippen molar-refractivity contribution in [1.29, 1.82) is 0 Å². The lowest BCUT2D eigenvalue weighted by Crippen LogP contribution is -2.04. The first-order valence-electron chi connectivity index (χ1n) is 6.96. The zero-order valence-electron chi connectivity index (χ0n) is 12.4. The van der Waals surface area contributed by atoms with Gasteiger partial charge in [-0.3, -0.25) is 0 Å². The summed E-state index contributed by atoms with van der Waals surface area (Å²) < 4.78 is 12.0. The first kappa shape index (κ1) is 14.9. The monoisotopic (exact) mass is 358 g/mol. The fourth-order valence-electron chi connectivity index (χ4n) is 2.32. The molecule has 2 aromatic carbocycles. The lowest BCUT2D eigenvalue weighted by molar-refractivity contribution is 0.304. The molecular formula is C18H15BrO3. The number of para-hydroxylation sites is 1. The normalized spacial score (nSPS) is 10.9. The van der Waals surface area contributed by atoms with Crippen LogP contribution in [0.3, 0.4) is 0 Å². The molecule has 0 fully saturated rings. The van der Waals surface area contributed by atoms with Crippen LogP contribution in [-0.2, 0) is 6.61 Å². The van der Waals surface area contributed by atoms with E-state index in [2.05, 4.69) is 15.9 Å². The van der Waals surface area contributed by atoms with Gasteiger partial charge in [0, 0.05) is 17.0 Å². The highest BCUT2D eigenvalue weighted by atomic mass is 79.9. The first-order valence-corrected chi connectivity index (χ1v) is 7.75. The molecule has 3 nitrogen and oxygen atoms in total. The Bertz CT molecular complexity index is 896. The van der Waals surface area contributed by atoms with Crippen LogP contribution in [-0.4, -0.2) is 0 Å². The van der Waals surface area contributed by atoms with Crippen LogP contribution >= 0.6 is 15.9 Å². The van der Waals surface area contributed by atoms with Gasteiger partial charge in [0.1, 0.15) is 17.9 Å². The van der Waals surface area contributed by atoms with Gasteiger partial charge in [-0.15, -0.1) is 0 Å². The molecule has 0 aliphatic rings. The first-order chi connectivity index (χ1) is 10.5. The average molecular weight is 359 g/mol. The Kier molecular flexibility index (Phi) is 4.03. The summed E-state index contributed by atoms with van der Waals surface area (Å²) in [6, 6.07) is 13.1. The number of rotatable bonds is 3. The van der Waals surface area contributed by atoms with Gasteiger partial charge >= 0.3 is 5.63 Å². The third-order valence-electron chi connectivity index (χ3n) is 3.66. The van der Waals surface area contributed by atoms with Gasteiger partial charge in [0.25, 0.3) is 0 Å². The summed E-state index contributed by atoms with van der Waals surface area (Å²) in [6.45, 7) is 4.35. The molecule has 0 saturated carbocycles. The van der Waals surface area contributed by atoms with Gasteiger partial charge in [-0.2, -0.15) is 0 Å². The molecule has 0 unspecified atom stereocenters. The maximum Gasteiger partial charge on any atom is 0.336 e. The van der Waals surface area contributed by atoms with Crippen molar-refractivity contribution >= 4 is 26.9 Å².